The Hall–Kier alpha value is -2.28. The van der Waals surface area contributed by atoms with E-state index in [1.165, 1.54) is 18.2 Å². The van der Waals surface area contributed by atoms with Crippen LogP contribution in [0.1, 0.15) is 17.3 Å². The Kier molecular flexibility index (Phi) is 6.48. The number of ether oxygens (including phenoxy) is 1. The molecule has 0 saturated carbocycles. The summed E-state index contributed by atoms with van der Waals surface area (Å²) in [5, 5.41) is 5.24. The number of nitrogens with two attached hydrogens (primary N) is 1. The van der Waals surface area contributed by atoms with Gasteiger partial charge in [0.15, 0.2) is 6.61 Å². The predicted octanol–water partition coefficient (Wildman–Crippen LogP) is 0.0700. The van der Waals surface area contributed by atoms with Crippen molar-refractivity contribution in [2.45, 2.75) is 6.92 Å². The minimum Gasteiger partial charge on any atom is -0.483 e. The average molecular weight is 314 g/mol. The quantitative estimate of drug-likeness (QED) is 0.661. The number of halogens is 1. The number of amides is 3. The number of likely N-dealkylation sites (N-methyl/N-ethyl adjacent to an activating group) is 1. The molecule has 4 N–H and O–H groups in total. The third-order valence-corrected chi connectivity index (χ3v) is 2.62. The van der Waals surface area contributed by atoms with E-state index in [1.54, 1.807) is 6.92 Å². The van der Waals surface area contributed by atoms with Gasteiger partial charge in [0.25, 0.3) is 11.8 Å². The van der Waals surface area contributed by atoms with Crippen LogP contribution in [0.15, 0.2) is 18.2 Å². The zero-order valence-electron chi connectivity index (χ0n) is 11.4. The van der Waals surface area contributed by atoms with Gasteiger partial charge in [0.05, 0.1) is 12.1 Å². The summed E-state index contributed by atoms with van der Waals surface area (Å²) in [6.07, 6.45) is 0. The molecule has 21 heavy (non-hydrogen) atoms. The molecule has 0 bridgehead atoms. The second-order valence-electron chi connectivity index (χ2n) is 4.02. The molecule has 0 saturated heterocycles. The first-order valence-corrected chi connectivity index (χ1v) is 6.57. The molecule has 0 atom stereocenters. The topological polar surface area (TPSA) is 111 Å². The van der Waals surface area contributed by atoms with E-state index in [0.29, 0.717) is 11.6 Å². The molecule has 0 unspecified atom stereocenters. The largest absolute Gasteiger partial charge is 0.483 e. The molecule has 0 aliphatic heterocycles. The van der Waals surface area contributed by atoms with Gasteiger partial charge in [-0.15, -0.1) is 0 Å². The molecule has 3 amide bonds. The van der Waals surface area contributed by atoms with E-state index in [0.717, 1.165) is 0 Å². The smallest absolute Gasteiger partial charge is 0.258 e. The Morgan fingerprint density at radius 2 is 1.95 bits per heavy atom. The molecule has 0 fully saturated rings. The maximum atomic E-state index is 11.5. The molecule has 0 aliphatic rings. The van der Waals surface area contributed by atoms with E-state index >= 15 is 0 Å². The van der Waals surface area contributed by atoms with Crippen molar-refractivity contribution in [2.75, 3.05) is 19.7 Å². The summed E-state index contributed by atoms with van der Waals surface area (Å²) in [7, 11) is 0. The van der Waals surface area contributed by atoms with Crippen LogP contribution in [0.2, 0.25) is 5.02 Å². The van der Waals surface area contributed by atoms with Gasteiger partial charge in [-0.2, -0.15) is 0 Å². The second-order valence-corrected chi connectivity index (χ2v) is 4.46. The molecule has 0 heterocycles. The number of hydrogen-bond acceptors (Lipinski definition) is 4. The van der Waals surface area contributed by atoms with Crippen molar-refractivity contribution in [3.8, 4) is 5.75 Å². The highest BCUT2D eigenvalue weighted by atomic mass is 35.5. The first-order valence-electron chi connectivity index (χ1n) is 6.19. The van der Waals surface area contributed by atoms with Gasteiger partial charge in [-0.3, -0.25) is 14.4 Å². The molecule has 7 nitrogen and oxygen atoms in total. The maximum absolute atomic E-state index is 11.5. The van der Waals surface area contributed by atoms with Crippen molar-refractivity contribution < 1.29 is 19.1 Å². The molecule has 114 valence electrons. The lowest BCUT2D eigenvalue weighted by Crippen LogP contribution is -2.38. The Bertz CT molecular complexity index is 548. The van der Waals surface area contributed by atoms with Crippen molar-refractivity contribution in [2.24, 2.45) is 5.73 Å². The summed E-state index contributed by atoms with van der Waals surface area (Å²) >= 11 is 5.75. The first kappa shape index (κ1) is 16.8. The van der Waals surface area contributed by atoms with Crippen LogP contribution in [0.5, 0.6) is 5.75 Å². The van der Waals surface area contributed by atoms with Gasteiger partial charge >= 0.3 is 0 Å². The maximum Gasteiger partial charge on any atom is 0.258 e. The summed E-state index contributed by atoms with van der Waals surface area (Å²) in [4.78, 5) is 33.9. The minimum atomic E-state index is -0.713. The zero-order valence-corrected chi connectivity index (χ0v) is 12.2. The minimum absolute atomic E-state index is 0.0824. The number of carbonyl (C=O) groups is 3. The molecular formula is C13H16ClN3O4. The van der Waals surface area contributed by atoms with Crippen LogP contribution < -0.4 is 21.1 Å². The van der Waals surface area contributed by atoms with Crippen LogP contribution >= 0.6 is 11.6 Å². The molecule has 0 aliphatic carbocycles. The zero-order chi connectivity index (χ0) is 15.8. The van der Waals surface area contributed by atoms with Crippen LogP contribution in [0.3, 0.4) is 0 Å². The summed E-state index contributed by atoms with van der Waals surface area (Å²) in [5.41, 5.74) is 5.27. The lowest BCUT2D eigenvalue weighted by molar-refractivity contribution is -0.127. The summed E-state index contributed by atoms with van der Waals surface area (Å²) in [6.45, 7) is 1.77. The van der Waals surface area contributed by atoms with E-state index < -0.39 is 11.8 Å². The Morgan fingerprint density at radius 3 is 2.57 bits per heavy atom. The monoisotopic (exact) mass is 313 g/mol. The predicted molar refractivity (Wildman–Crippen MR) is 77.2 cm³/mol. The highest BCUT2D eigenvalue weighted by Crippen LogP contribution is 2.22. The van der Waals surface area contributed by atoms with E-state index in [9.17, 15) is 14.4 Å². The second kappa shape index (κ2) is 8.11. The van der Waals surface area contributed by atoms with Gasteiger partial charge in [0, 0.05) is 11.6 Å². The van der Waals surface area contributed by atoms with Crippen LogP contribution in [0.4, 0.5) is 0 Å². The van der Waals surface area contributed by atoms with Crippen molar-refractivity contribution in [3.63, 3.8) is 0 Å². The molecule has 0 aromatic heterocycles. The fraction of sp³-hybridized carbons (Fsp3) is 0.308. The number of benzene rings is 1. The van der Waals surface area contributed by atoms with Gasteiger partial charge in [0.2, 0.25) is 5.91 Å². The normalized spacial score (nSPS) is 9.81. The van der Waals surface area contributed by atoms with E-state index in [1.807, 2.05) is 0 Å². The van der Waals surface area contributed by atoms with Gasteiger partial charge < -0.3 is 21.1 Å². The summed E-state index contributed by atoms with van der Waals surface area (Å²) in [5.74, 6) is -1.35. The van der Waals surface area contributed by atoms with Crippen molar-refractivity contribution >= 4 is 29.3 Å². The van der Waals surface area contributed by atoms with E-state index in [4.69, 9.17) is 22.1 Å². The highest BCUT2D eigenvalue weighted by Gasteiger charge is 2.12. The van der Waals surface area contributed by atoms with Crippen molar-refractivity contribution in [3.05, 3.63) is 28.8 Å². The Balaban J connectivity index is 2.53. The Morgan fingerprint density at radius 1 is 1.24 bits per heavy atom. The van der Waals surface area contributed by atoms with Crippen molar-refractivity contribution in [1.29, 1.82) is 0 Å². The fourth-order valence-corrected chi connectivity index (χ4v) is 1.63. The summed E-state index contributed by atoms with van der Waals surface area (Å²) in [6, 6.07) is 4.31. The molecule has 8 heteroatoms. The van der Waals surface area contributed by atoms with Gasteiger partial charge in [-0.05, 0) is 25.1 Å². The molecule has 1 rings (SSSR count). The number of nitrogens with one attached hydrogen (secondary N) is 2. The SMILES string of the molecule is CCNC(=O)CNC(=O)COc1ccc(Cl)cc1C(N)=O. The lowest BCUT2D eigenvalue weighted by atomic mass is 10.2. The third-order valence-electron chi connectivity index (χ3n) is 2.39. The Labute approximate surface area is 126 Å². The van der Waals surface area contributed by atoms with E-state index in [2.05, 4.69) is 10.6 Å². The number of hydrogen-bond donors (Lipinski definition) is 3. The lowest BCUT2D eigenvalue weighted by Gasteiger charge is -2.10. The highest BCUT2D eigenvalue weighted by molar-refractivity contribution is 6.31. The number of primary amides is 1. The van der Waals surface area contributed by atoms with Crippen LogP contribution in [-0.2, 0) is 9.59 Å². The van der Waals surface area contributed by atoms with Crippen LogP contribution in [0, 0.1) is 0 Å². The number of carbonyl (C=O) groups excluding carboxylic acids is 3. The van der Waals surface area contributed by atoms with E-state index in [-0.39, 0.29) is 30.4 Å². The molecule has 0 spiro atoms. The molecule has 1 aromatic rings. The van der Waals surface area contributed by atoms with Gasteiger partial charge in [-0.1, -0.05) is 11.6 Å². The van der Waals surface area contributed by atoms with Crippen LogP contribution in [0.25, 0.3) is 0 Å². The fourth-order valence-electron chi connectivity index (χ4n) is 1.45. The third kappa shape index (κ3) is 5.70. The van der Waals surface area contributed by atoms with Gasteiger partial charge in [-0.25, -0.2) is 0 Å². The van der Waals surface area contributed by atoms with Gasteiger partial charge in [0.1, 0.15) is 5.75 Å². The molecular weight excluding hydrogens is 298 g/mol. The molecule has 0 radical (unpaired) electrons. The number of rotatable bonds is 7. The average Bonchev–Trinajstić information content (AvgIpc) is 2.44. The van der Waals surface area contributed by atoms with Crippen LogP contribution in [-0.4, -0.2) is 37.4 Å². The molecule has 1 aromatic carbocycles. The van der Waals surface area contributed by atoms with Crippen molar-refractivity contribution in [1.82, 2.24) is 10.6 Å². The first-order chi connectivity index (χ1) is 9.93. The summed E-state index contributed by atoms with van der Waals surface area (Å²) < 4.78 is 5.20. The standard InChI is InChI=1S/C13H16ClN3O4/c1-2-16-11(18)6-17-12(19)7-21-10-4-3-8(14)5-9(10)13(15)20/h3-5H,2,6-7H2,1H3,(H2,15,20)(H,16,18)(H,17,19).